The average Bonchev–Trinajstić information content (AvgIpc) is 3.02. The highest BCUT2D eigenvalue weighted by molar-refractivity contribution is 6.00. The second-order valence-electron chi connectivity index (χ2n) is 5.27. The van der Waals surface area contributed by atoms with Crippen LogP contribution in [-0.2, 0) is 4.79 Å². The number of hydrogen-bond acceptors (Lipinski definition) is 4. The smallest absolute Gasteiger partial charge is 0.323 e. The molecule has 3 aromatic rings. The van der Waals surface area contributed by atoms with Crippen LogP contribution in [0, 0.1) is 0 Å². The van der Waals surface area contributed by atoms with Crippen LogP contribution in [0.4, 0.5) is 10.6 Å². The van der Waals surface area contributed by atoms with Gasteiger partial charge in [-0.25, -0.2) is 4.79 Å². The van der Waals surface area contributed by atoms with Gasteiger partial charge in [0.1, 0.15) is 12.3 Å². The Bertz CT molecular complexity index is 935. The van der Waals surface area contributed by atoms with Crippen molar-refractivity contribution < 1.29 is 19.4 Å². The van der Waals surface area contributed by atoms with E-state index in [2.05, 4.69) is 20.8 Å². The summed E-state index contributed by atoms with van der Waals surface area (Å²) in [5, 5.41) is 20.9. The van der Waals surface area contributed by atoms with Gasteiger partial charge < -0.3 is 15.2 Å². The molecule has 0 spiro atoms. The fourth-order valence-corrected chi connectivity index (χ4v) is 2.40. The van der Waals surface area contributed by atoms with Gasteiger partial charge in [-0.2, -0.15) is 5.10 Å². The van der Waals surface area contributed by atoms with Crippen molar-refractivity contribution in [1.82, 2.24) is 15.5 Å². The minimum absolute atomic E-state index is 0.329. The molecule has 0 aliphatic carbocycles. The number of fused-ring (bicyclic) bond motifs is 1. The highest BCUT2D eigenvalue weighted by Crippen LogP contribution is 2.28. The lowest BCUT2D eigenvalue weighted by molar-refractivity contribution is -0.135. The Morgan fingerprint density at radius 2 is 2.00 bits per heavy atom. The Morgan fingerprint density at radius 1 is 1.20 bits per heavy atom. The minimum Gasteiger partial charge on any atom is -0.497 e. The summed E-state index contributed by atoms with van der Waals surface area (Å²) in [5.41, 5.74) is 2.70. The number of carboxylic acid groups (broad SMARTS) is 1. The van der Waals surface area contributed by atoms with E-state index in [0.29, 0.717) is 5.82 Å². The van der Waals surface area contributed by atoms with Crippen LogP contribution in [0.25, 0.3) is 22.0 Å². The molecule has 0 aliphatic heterocycles. The molecule has 25 heavy (non-hydrogen) atoms. The molecule has 0 radical (unpaired) electrons. The monoisotopic (exact) mass is 340 g/mol. The van der Waals surface area contributed by atoms with Crippen LogP contribution in [0.3, 0.4) is 0 Å². The largest absolute Gasteiger partial charge is 0.497 e. The normalized spacial score (nSPS) is 10.4. The Morgan fingerprint density at radius 3 is 2.76 bits per heavy atom. The lowest BCUT2D eigenvalue weighted by Gasteiger charge is -2.06. The van der Waals surface area contributed by atoms with Crippen LogP contribution >= 0.6 is 0 Å². The molecule has 3 rings (SSSR count). The van der Waals surface area contributed by atoms with E-state index in [1.54, 1.807) is 7.11 Å². The molecule has 2 amide bonds. The Hall–Kier alpha value is -3.55. The number of carboxylic acids is 1. The first-order valence-electron chi connectivity index (χ1n) is 7.46. The lowest BCUT2D eigenvalue weighted by atomic mass is 10.0. The topological polar surface area (TPSA) is 116 Å². The molecular formula is C17H16N4O4. The fraction of sp³-hybridized carbons (Fsp3) is 0.118. The third-order valence-corrected chi connectivity index (χ3v) is 3.60. The van der Waals surface area contributed by atoms with Crippen LogP contribution in [0.15, 0.2) is 42.5 Å². The second kappa shape index (κ2) is 6.91. The van der Waals surface area contributed by atoms with Crippen molar-refractivity contribution in [3.63, 3.8) is 0 Å². The SMILES string of the molecule is COc1cccc(-c2ccc3c(NC(=O)NCC(=O)O)n[nH]c3c2)c1. The summed E-state index contributed by atoms with van der Waals surface area (Å²) in [6.45, 7) is -0.464. The summed E-state index contributed by atoms with van der Waals surface area (Å²) in [7, 11) is 1.62. The van der Waals surface area contributed by atoms with E-state index in [-0.39, 0.29) is 0 Å². The first-order chi connectivity index (χ1) is 12.1. The predicted octanol–water partition coefficient (Wildman–Crippen LogP) is 2.44. The van der Waals surface area contributed by atoms with Gasteiger partial charge in [-0.3, -0.25) is 15.2 Å². The van der Waals surface area contributed by atoms with E-state index in [1.165, 1.54) is 0 Å². The van der Waals surface area contributed by atoms with Crippen molar-refractivity contribution in [3.05, 3.63) is 42.5 Å². The van der Waals surface area contributed by atoms with Gasteiger partial charge in [-0.1, -0.05) is 18.2 Å². The number of H-pyrrole nitrogens is 1. The summed E-state index contributed by atoms with van der Waals surface area (Å²) in [5.74, 6) is -0.0280. The molecule has 0 saturated heterocycles. The number of carbonyl (C=O) groups is 2. The quantitative estimate of drug-likeness (QED) is 0.569. The van der Waals surface area contributed by atoms with Gasteiger partial charge in [0.05, 0.1) is 12.6 Å². The molecule has 4 N–H and O–H groups in total. The first-order valence-corrected chi connectivity index (χ1v) is 7.46. The second-order valence-corrected chi connectivity index (χ2v) is 5.27. The Kier molecular flexibility index (Phi) is 4.51. The maximum absolute atomic E-state index is 11.7. The van der Waals surface area contributed by atoms with E-state index < -0.39 is 18.5 Å². The number of carbonyl (C=O) groups excluding carboxylic acids is 1. The number of benzene rings is 2. The molecule has 0 bridgehead atoms. The standard InChI is InChI=1S/C17H16N4O4/c1-25-12-4-2-3-10(7-12)11-5-6-13-14(8-11)20-21-16(13)19-17(24)18-9-15(22)23/h2-8H,9H2,1H3,(H,22,23)(H3,18,19,20,21,24). The summed E-state index contributed by atoms with van der Waals surface area (Å²) in [4.78, 5) is 22.1. The van der Waals surface area contributed by atoms with Crippen LogP contribution < -0.4 is 15.4 Å². The molecule has 0 unspecified atom stereocenters. The zero-order valence-corrected chi connectivity index (χ0v) is 13.4. The molecule has 8 nitrogen and oxygen atoms in total. The van der Waals surface area contributed by atoms with Gasteiger partial charge >= 0.3 is 12.0 Å². The number of ether oxygens (including phenoxy) is 1. The van der Waals surface area contributed by atoms with Gasteiger partial charge in [0.25, 0.3) is 0 Å². The van der Waals surface area contributed by atoms with E-state index in [0.717, 1.165) is 27.8 Å². The van der Waals surface area contributed by atoms with E-state index in [9.17, 15) is 9.59 Å². The van der Waals surface area contributed by atoms with Crippen molar-refractivity contribution in [1.29, 1.82) is 0 Å². The summed E-state index contributed by atoms with van der Waals surface area (Å²) in [6, 6.07) is 12.7. The zero-order chi connectivity index (χ0) is 17.8. The number of anilines is 1. The molecule has 1 aromatic heterocycles. The van der Waals surface area contributed by atoms with Gasteiger partial charge in [0.15, 0.2) is 5.82 Å². The number of nitrogens with one attached hydrogen (secondary N) is 3. The lowest BCUT2D eigenvalue weighted by Crippen LogP contribution is -2.33. The molecular weight excluding hydrogens is 324 g/mol. The van der Waals surface area contributed by atoms with Crippen LogP contribution in [0.5, 0.6) is 5.75 Å². The highest BCUT2D eigenvalue weighted by Gasteiger charge is 2.11. The van der Waals surface area contributed by atoms with Crippen molar-refractivity contribution >= 4 is 28.7 Å². The molecule has 128 valence electrons. The van der Waals surface area contributed by atoms with Crippen molar-refractivity contribution in [3.8, 4) is 16.9 Å². The van der Waals surface area contributed by atoms with Gasteiger partial charge in [-0.15, -0.1) is 0 Å². The molecule has 2 aromatic carbocycles. The van der Waals surface area contributed by atoms with Crippen LogP contribution in [-0.4, -0.2) is 41.0 Å². The summed E-state index contributed by atoms with van der Waals surface area (Å²) in [6.07, 6.45) is 0. The molecule has 0 atom stereocenters. The average molecular weight is 340 g/mol. The molecule has 8 heteroatoms. The number of methoxy groups -OCH3 is 1. The van der Waals surface area contributed by atoms with Crippen molar-refractivity contribution in [2.24, 2.45) is 0 Å². The predicted molar refractivity (Wildman–Crippen MR) is 92.7 cm³/mol. The van der Waals surface area contributed by atoms with Crippen LogP contribution in [0.1, 0.15) is 0 Å². The summed E-state index contributed by atoms with van der Waals surface area (Å²) >= 11 is 0. The van der Waals surface area contributed by atoms with Gasteiger partial charge in [-0.05, 0) is 35.4 Å². The molecule has 0 fully saturated rings. The maximum Gasteiger partial charge on any atom is 0.323 e. The number of amides is 2. The molecule has 0 saturated carbocycles. The van der Waals surface area contributed by atoms with Crippen molar-refractivity contribution in [2.45, 2.75) is 0 Å². The molecule has 1 heterocycles. The highest BCUT2D eigenvalue weighted by atomic mass is 16.5. The van der Waals surface area contributed by atoms with E-state index >= 15 is 0 Å². The van der Waals surface area contributed by atoms with E-state index in [4.69, 9.17) is 9.84 Å². The van der Waals surface area contributed by atoms with E-state index in [1.807, 2.05) is 42.5 Å². The minimum atomic E-state index is -1.12. The van der Waals surface area contributed by atoms with Gasteiger partial charge in [0, 0.05) is 5.39 Å². The van der Waals surface area contributed by atoms with Gasteiger partial charge in [0.2, 0.25) is 0 Å². The number of nitrogens with zero attached hydrogens (tertiary/aromatic N) is 1. The Labute approximate surface area is 142 Å². The number of urea groups is 1. The zero-order valence-electron chi connectivity index (χ0n) is 13.4. The first kappa shape index (κ1) is 16.3. The third-order valence-electron chi connectivity index (χ3n) is 3.60. The Balaban J connectivity index is 1.83. The number of aromatic amines is 1. The number of rotatable bonds is 5. The summed E-state index contributed by atoms with van der Waals surface area (Å²) < 4.78 is 5.24. The maximum atomic E-state index is 11.7. The van der Waals surface area contributed by atoms with Crippen LogP contribution in [0.2, 0.25) is 0 Å². The fourth-order valence-electron chi connectivity index (χ4n) is 2.40. The third kappa shape index (κ3) is 3.69. The molecule has 0 aliphatic rings. The number of aliphatic carboxylic acids is 1. The van der Waals surface area contributed by atoms with Crippen molar-refractivity contribution in [2.75, 3.05) is 19.0 Å². The number of hydrogen-bond donors (Lipinski definition) is 4. The number of aromatic nitrogens is 2.